The molecule has 0 atom stereocenters. The molecular formula is C18H15F6NO2. The minimum atomic E-state index is -4.62. The number of pyridine rings is 1. The average molecular weight is 391 g/mol. The van der Waals surface area contributed by atoms with Gasteiger partial charge in [0, 0.05) is 12.3 Å². The second-order valence-electron chi connectivity index (χ2n) is 5.47. The molecule has 0 saturated carbocycles. The van der Waals surface area contributed by atoms with Crippen LogP contribution in [0.4, 0.5) is 26.3 Å². The third-order valence-corrected chi connectivity index (χ3v) is 3.26. The number of allylic oxidation sites excluding steroid dienone is 1. The summed E-state index contributed by atoms with van der Waals surface area (Å²) < 4.78 is 87.0. The molecular weight excluding hydrogens is 376 g/mol. The minimum Gasteiger partial charge on any atom is -0.462 e. The van der Waals surface area contributed by atoms with Crippen LogP contribution in [-0.2, 0) is 12.5 Å². The molecule has 0 N–H and O–H groups in total. The van der Waals surface area contributed by atoms with Gasteiger partial charge in [0.1, 0.15) is 5.75 Å². The molecule has 0 fully saturated rings. The number of benzene rings is 1. The fourth-order valence-electron chi connectivity index (χ4n) is 2.06. The Labute approximate surface area is 151 Å². The molecule has 0 aliphatic carbocycles. The molecule has 1 aromatic heterocycles. The lowest BCUT2D eigenvalue weighted by molar-refractivity contribution is -0.188. The number of alkyl halides is 5. The molecule has 0 aliphatic rings. The zero-order valence-electron chi connectivity index (χ0n) is 14.1. The monoisotopic (exact) mass is 391 g/mol. The molecule has 2 aromatic rings. The van der Waals surface area contributed by atoms with E-state index in [9.17, 15) is 26.3 Å². The van der Waals surface area contributed by atoms with Crippen LogP contribution in [0.5, 0.6) is 11.5 Å². The normalized spacial score (nSPS) is 12.4. The molecule has 146 valence electrons. The maximum atomic E-state index is 14.2. The summed E-state index contributed by atoms with van der Waals surface area (Å²) in [7, 11) is 0. The first-order valence-electron chi connectivity index (χ1n) is 7.83. The zero-order chi connectivity index (χ0) is 20.1. The summed E-state index contributed by atoms with van der Waals surface area (Å²) >= 11 is 0. The summed E-state index contributed by atoms with van der Waals surface area (Å²) in [4.78, 5) is 3.66. The topological polar surface area (TPSA) is 31.4 Å². The molecule has 27 heavy (non-hydrogen) atoms. The first-order valence-corrected chi connectivity index (χ1v) is 7.83. The average Bonchev–Trinajstić information content (AvgIpc) is 2.56. The number of aromatic nitrogens is 1. The number of aryl methyl sites for hydroxylation is 1. The zero-order valence-corrected chi connectivity index (χ0v) is 14.1. The molecule has 0 radical (unpaired) electrons. The lowest BCUT2D eigenvalue weighted by Gasteiger charge is -2.18. The van der Waals surface area contributed by atoms with Gasteiger partial charge >= 0.3 is 12.3 Å². The number of hydrogen-bond acceptors (Lipinski definition) is 3. The first-order chi connectivity index (χ1) is 12.6. The highest BCUT2D eigenvalue weighted by atomic mass is 19.4. The van der Waals surface area contributed by atoms with Gasteiger partial charge in [0.25, 0.3) is 0 Å². The Kier molecular flexibility index (Phi) is 6.35. The van der Waals surface area contributed by atoms with Gasteiger partial charge in [-0.15, -0.1) is 0 Å². The van der Waals surface area contributed by atoms with Gasteiger partial charge in [-0.3, -0.25) is 4.98 Å². The highest BCUT2D eigenvalue weighted by molar-refractivity contribution is 5.34. The van der Waals surface area contributed by atoms with Crippen LogP contribution in [0.25, 0.3) is 0 Å². The lowest BCUT2D eigenvalue weighted by atomic mass is 10.1. The Balaban J connectivity index is 2.09. The van der Waals surface area contributed by atoms with Crippen LogP contribution in [0, 0.1) is 5.82 Å². The molecule has 0 amide bonds. The third-order valence-electron chi connectivity index (χ3n) is 3.26. The van der Waals surface area contributed by atoms with Crippen LogP contribution in [-0.4, -0.2) is 11.2 Å². The molecule has 9 heteroatoms. The van der Waals surface area contributed by atoms with Gasteiger partial charge in [0.15, 0.2) is 17.3 Å². The van der Waals surface area contributed by atoms with Crippen molar-refractivity contribution in [3.05, 3.63) is 65.9 Å². The van der Waals surface area contributed by atoms with Crippen molar-refractivity contribution in [2.75, 3.05) is 0 Å². The van der Waals surface area contributed by atoms with Gasteiger partial charge in [0.2, 0.25) is 0 Å². The van der Waals surface area contributed by atoms with E-state index in [0.29, 0.717) is 12.5 Å². The Bertz CT molecular complexity index is 787. The predicted octanol–water partition coefficient (Wildman–Crippen LogP) is 5.76. The van der Waals surface area contributed by atoms with E-state index in [-0.39, 0.29) is 12.3 Å². The Hall–Kier alpha value is -2.71. The predicted molar refractivity (Wildman–Crippen MR) is 85.0 cm³/mol. The Morgan fingerprint density at radius 2 is 1.81 bits per heavy atom. The molecule has 0 aliphatic heterocycles. The minimum absolute atomic E-state index is 0.237. The largest absolute Gasteiger partial charge is 0.462 e. The third kappa shape index (κ3) is 6.19. The molecule has 0 spiro atoms. The second-order valence-corrected chi connectivity index (χ2v) is 5.47. The Morgan fingerprint density at radius 3 is 2.37 bits per heavy atom. The first kappa shape index (κ1) is 20.6. The maximum absolute atomic E-state index is 14.2. The summed E-state index contributed by atoms with van der Waals surface area (Å²) in [6.45, 7) is 1.94. The van der Waals surface area contributed by atoms with Crippen LogP contribution in [0.1, 0.15) is 24.6 Å². The lowest BCUT2D eigenvalue weighted by Crippen LogP contribution is -2.23. The van der Waals surface area contributed by atoms with Gasteiger partial charge in [-0.25, -0.2) is 4.39 Å². The fraction of sp³-hybridized carbons (Fsp3) is 0.278. The van der Waals surface area contributed by atoms with E-state index in [0.717, 1.165) is 30.2 Å². The SMILES string of the molecule is CCCc1ccc(C(F)(F)Oc2ccc(O/C=C/C(F)(F)F)c(F)c2)nc1. The van der Waals surface area contributed by atoms with Crippen LogP contribution >= 0.6 is 0 Å². The number of rotatable bonds is 7. The summed E-state index contributed by atoms with van der Waals surface area (Å²) in [5.41, 5.74) is 0.132. The maximum Gasteiger partial charge on any atom is 0.444 e. The van der Waals surface area contributed by atoms with E-state index in [1.807, 2.05) is 6.92 Å². The molecule has 0 unspecified atom stereocenters. The van der Waals surface area contributed by atoms with Crippen molar-refractivity contribution in [1.29, 1.82) is 0 Å². The molecule has 1 aromatic carbocycles. The van der Waals surface area contributed by atoms with Crippen molar-refractivity contribution in [2.24, 2.45) is 0 Å². The van der Waals surface area contributed by atoms with E-state index in [1.165, 1.54) is 12.3 Å². The van der Waals surface area contributed by atoms with Crippen molar-refractivity contribution in [3.63, 3.8) is 0 Å². The quantitative estimate of drug-likeness (QED) is 0.444. The van der Waals surface area contributed by atoms with Gasteiger partial charge in [0.05, 0.1) is 12.3 Å². The molecule has 0 saturated heterocycles. The van der Waals surface area contributed by atoms with E-state index in [2.05, 4.69) is 14.5 Å². The smallest absolute Gasteiger partial charge is 0.444 e. The van der Waals surface area contributed by atoms with Gasteiger partial charge < -0.3 is 9.47 Å². The number of ether oxygens (including phenoxy) is 2. The standard InChI is InChI=1S/C18H15F6NO2/c1-2-3-12-4-7-16(25-11-12)18(23,24)27-13-5-6-15(14(19)10-13)26-9-8-17(20,21)22/h4-11H,2-3H2,1H3/b9-8+. The van der Waals surface area contributed by atoms with Gasteiger partial charge in [-0.05, 0) is 30.2 Å². The second kappa shape index (κ2) is 8.32. The van der Waals surface area contributed by atoms with Crippen molar-refractivity contribution in [3.8, 4) is 11.5 Å². The van der Waals surface area contributed by atoms with Crippen LogP contribution in [0.3, 0.4) is 0 Å². The number of hydrogen-bond donors (Lipinski definition) is 0. The van der Waals surface area contributed by atoms with E-state index in [4.69, 9.17) is 0 Å². The summed E-state index contributed by atoms with van der Waals surface area (Å²) in [6, 6.07) is 5.00. The number of halogens is 6. The summed E-state index contributed by atoms with van der Waals surface area (Å²) in [5.74, 6) is -2.28. The van der Waals surface area contributed by atoms with E-state index < -0.39 is 35.3 Å². The van der Waals surface area contributed by atoms with E-state index in [1.54, 1.807) is 0 Å². The van der Waals surface area contributed by atoms with Gasteiger partial charge in [-0.2, -0.15) is 22.0 Å². The highest BCUT2D eigenvalue weighted by Gasteiger charge is 2.36. The molecule has 3 nitrogen and oxygen atoms in total. The fourth-order valence-corrected chi connectivity index (χ4v) is 2.06. The van der Waals surface area contributed by atoms with E-state index >= 15 is 0 Å². The molecule has 2 rings (SSSR count). The number of nitrogens with zero attached hydrogens (tertiary/aromatic N) is 1. The summed E-state index contributed by atoms with van der Waals surface area (Å²) in [5, 5.41) is 0. The van der Waals surface area contributed by atoms with Crippen LogP contribution in [0.2, 0.25) is 0 Å². The van der Waals surface area contributed by atoms with Gasteiger partial charge in [-0.1, -0.05) is 19.4 Å². The van der Waals surface area contributed by atoms with Crippen molar-refractivity contribution in [2.45, 2.75) is 32.1 Å². The highest BCUT2D eigenvalue weighted by Crippen LogP contribution is 2.32. The van der Waals surface area contributed by atoms with Crippen molar-refractivity contribution < 1.29 is 35.8 Å². The molecule has 1 heterocycles. The molecule has 0 bridgehead atoms. The Morgan fingerprint density at radius 1 is 1.07 bits per heavy atom. The summed E-state index contributed by atoms with van der Waals surface area (Å²) in [6.07, 6.45) is -5.61. The van der Waals surface area contributed by atoms with Crippen LogP contribution in [0.15, 0.2) is 48.9 Å². The van der Waals surface area contributed by atoms with Crippen molar-refractivity contribution in [1.82, 2.24) is 4.98 Å². The van der Waals surface area contributed by atoms with Crippen molar-refractivity contribution >= 4 is 0 Å². The van der Waals surface area contributed by atoms with Crippen LogP contribution < -0.4 is 9.47 Å².